The molecule has 1 aromatic rings. The molecule has 4 rings (SSSR count). The van der Waals surface area contributed by atoms with Gasteiger partial charge in [-0.3, -0.25) is 4.79 Å². The van der Waals surface area contributed by atoms with Crippen molar-refractivity contribution < 1.29 is 13.2 Å². The van der Waals surface area contributed by atoms with E-state index in [4.69, 9.17) is 0 Å². The average molecular weight is 405 g/mol. The minimum absolute atomic E-state index is 0.221. The molecule has 2 bridgehead atoms. The Morgan fingerprint density at radius 2 is 1.75 bits per heavy atom. The van der Waals surface area contributed by atoms with Crippen LogP contribution in [-0.4, -0.2) is 49.7 Å². The molecule has 2 saturated carbocycles. The lowest BCUT2D eigenvalue weighted by Crippen LogP contribution is -2.50. The molecule has 28 heavy (non-hydrogen) atoms. The number of rotatable bonds is 6. The summed E-state index contributed by atoms with van der Waals surface area (Å²) in [6.45, 7) is 3.91. The van der Waals surface area contributed by atoms with E-state index >= 15 is 0 Å². The molecule has 0 N–H and O–H groups in total. The highest BCUT2D eigenvalue weighted by Gasteiger charge is 2.41. The maximum absolute atomic E-state index is 12.9. The number of hydrogen-bond acceptors (Lipinski definition) is 3. The molecule has 6 heteroatoms. The third-order valence-corrected chi connectivity index (χ3v) is 8.93. The fraction of sp³-hybridized carbons (Fsp3) is 0.682. The number of amides is 1. The first kappa shape index (κ1) is 19.9. The largest absolute Gasteiger partial charge is 0.340 e. The zero-order valence-corrected chi connectivity index (χ0v) is 17.7. The van der Waals surface area contributed by atoms with Gasteiger partial charge in [-0.1, -0.05) is 31.9 Å². The van der Waals surface area contributed by atoms with E-state index in [2.05, 4.69) is 6.92 Å². The van der Waals surface area contributed by atoms with E-state index in [9.17, 15) is 13.2 Å². The molecule has 3 fully saturated rings. The summed E-state index contributed by atoms with van der Waals surface area (Å²) in [4.78, 5) is 14.9. The molecular formula is C22H32N2O3S. The molecule has 0 aromatic heterocycles. The number of benzene rings is 1. The number of carbonyl (C=O) groups excluding carboxylic acids is 1. The molecule has 3 aliphatic rings. The van der Waals surface area contributed by atoms with Crippen molar-refractivity contribution in [3.05, 3.63) is 29.8 Å². The van der Waals surface area contributed by atoms with Crippen LogP contribution in [0.5, 0.6) is 0 Å². The van der Waals surface area contributed by atoms with Crippen LogP contribution in [0.15, 0.2) is 29.2 Å². The van der Waals surface area contributed by atoms with Crippen molar-refractivity contribution in [1.82, 2.24) is 9.21 Å². The van der Waals surface area contributed by atoms with E-state index in [0.717, 1.165) is 30.2 Å². The summed E-state index contributed by atoms with van der Waals surface area (Å²) in [5, 5.41) is 0. The third-order valence-electron chi connectivity index (χ3n) is 7.01. The van der Waals surface area contributed by atoms with Crippen LogP contribution in [0.4, 0.5) is 0 Å². The third kappa shape index (κ3) is 3.99. The highest BCUT2D eigenvalue weighted by molar-refractivity contribution is 7.89. The van der Waals surface area contributed by atoms with E-state index < -0.39 is 10.0 Å². The predicted molar refractivity (Wildman–Crippen MR) is 109 cm³/mol. The van der Waals surface area contributed by atoms with Crippen LogP contribution in [0.25, 0.3) is 0 Å². The van der Waals surface area contributed by atoms with Crippen molar-refractivity contribution in [2.75, 3.05) is 26.2 Å². The van der Waals surface area contributed by atoms with Crippen LogP contribution >= 0.6 is 0 Å². The average Bonchev–Trinajstić information content (AvgIpc) is 3.32. The lowest BCUT2D eigenvalue weighted by atomic mass is 9.86. The molecule has 0 spiro atoms. The quantitative estimate of drug-likeness (QED) is 0.731. The molecule has 5 nitrogen and oxygen atoms in total. The van der Waals surface area contributed by atoms with E-state index in [1.165, 1.54) is 30.0 Å². The first-order chi connectivity index (χ1) is 13.5. The highest BCUT2D eigenvalue weighted by Crippen LogP contribution is 2.49. The van der Waals surface area contributed by atoms with E-state index in [1.54, 1.807) is 12.1 Å². The topological polar surface area (TPSA) is 57.7 Å². The Bertz CT molecular complexity index is 798. The number of carbonyl (C=O) groups is 1. The van der Waals surface area contributed by atoms with Crippen molar-refractivity contribution >= 4 is 15.9 Å². The molecule has 0 radical (unpaired) electrons. The van der Waals surface area contributed by atoms with Crippen LogP contribution < -0.4 is 0 Å². The number of sulfonamides is 1. The van der Waals surface area contributed by atoms with Gasteiger partial charge in [0.15, 0.2) is 0 Å². The number of aryl methyl sites for hydroxylation is 1. The van der Waals surface area contributed by atoms with Crippen molar-refractivity contribution in [2.24, 2.45) is 17.8 Å². The van der Waals surface area contributed by atoms with Crippen molar-refractivity contribution in [3.63, 3.8) is 0 Å². The summed E-state index contributed by atoms with van der Waals surface area (Å²) in [5.74, 6) is 2.40. The van der Waals surface area contributed by atoms with Gasteiger partial charge in [-0.05, 0) is 61.1 Å². The molecule has 1 saturated heterocycles. The minimum Gasteiger partial charge on any atom is -0.340 e. The lowest BCUT2D eigenvalue weighted by Gasteiger charge is -2.35. The Morgan fingerprint density at radius 1 is 1.04 bits per heavy atom. The summed E-state index contributed by atoms with van der Waals surface area (Å²) in [6.07, 6.45) is 7.86. The van der Waals surface area contributed by atoms with Gasteiger partial charge in [0, 0.05) is 32.6 Å². The van der Waals surface area contributed by atoms with Crippen LogP contribution in [0.2, 0.25) is 0 Å². The lowest BCUT2D eigenvalue weighted by molar-refractivity contribution is -0.133. The van der Waals surface area contributed by atoms with Crippen LogP contribution in [0, 0.1) is 17.8 Å². The first-order valence-electron chi connectivity index (χ1n) is 10.8. The molecule has 154 valence electrons. The monoisotopic (exact) mass is 404 g/mol. The van der Waals surface area contributed by atoms with Crippen LogP contribution in [0.3, 0.4) is 0 Å². The zero-order valence-electron chi connectivity index (χ0n) is 16.8. The standard InChI is InChI=1S/C22H32N2O3S/c1-2-3-17-5-8-21(9-6-17)28(26,27)24-12-10-23(11-13-24)22(25)16-20-15-18-4-7-19(20)14-18/h5-6,8-9,18-20H,2-4,7,10-16H2,1H3/t18-,19+,20-/m0/s1. The Kier molecular flexibility index (Phi) is 5.79. The molecule has 1 aliphatic heterocycles. The molecule has 0 unspecified atom stereocenters. The van der Waals surface area contributed by atoms with Gasteiger partial charge in [-0.2, -0.15) is 4.31 Å². The summed E-state index contributed by atoms with van der Waals surface area (Å²) in [5.41, 5.74) is 1.16. The zero-order chi connectivity index (χ0) is 19.7. The van der Waals surface area contributed by atoms with Gasteiger partial charge in [-0.15, -0.1) is 0 Å². The van der Waals surface area contributed by atoms with Crippen LogP contribution in [0.1, 0.15) is 51.0 Å². The first-order valence-corrected chi connectivity index (χ1v) is 12.3. The number of fused-ring (bicyclic) bond motifs is 2. The Balaban J connectivity index is 1.32. The van der Waals surface area contributed by atoms with E-state index in [1.807, 2.05) is 17.0 Å². The van der Waals surface area contributed by atoms with Gasteiger partial charge < -0.3 is 4.90 Å². The number of piperazine rings is 1. The Labute approximate surface area is 169 Å². The SMILES string of the molecule is CCCc1ccc(S(=O)(=O)N2CCN(C(=O)C[C@@H]3C[C@H]4CC[C@@H]3C4)CC2)cc1. The second-order valence-electron chi connectivity index (χ2n) is 8.82. The molecule has 3 atom stereocenters. The smallest absolute Gasteiger partial charge is 0.243 e. The summed E-state index contributed by atoms with van der Waals surface area (Å²) in [6, 6.07) is 7.25. The molecular weight excluding hydrogens is 372 g/mol. The van der Waals surface area contributed by atoms with Crippen molar-refractivity contribution in [3.8, 4) is 0 Å². The van der Waals surface area contributed by atoms with Gasteiger partial charge in [0.2, 0.25) is 15.9 Å². The van der Waals surface area contributed by atoms with Gasteiger partial charge in [0.25, 0.3) is 0 Å². The maximum atomic E-state index is 12.9. The molecule has 1 aromatic carbocycles. The molecule has 1 amide bonds. The van der Waals surface area contributed by atoms with Crippen molar-refractivity contribution in [1.29, 1.82) is 0 Å². The van der Waals surface area contributed by atoms with Gasteiger partial charge >= 0.3 is 0 Å². The van der Waals surface area contributed by atoms with Gasteiger partial charge in [0.1, 0.15) is 0 Å². The minimum atomic E-state index is -3.48. The Hall–Kier alpha value is -1.40. The fourth-order valence-corrected chi connectivity index (χ4v) is 6.85. The van der Waals surface area contributed by atoms with E-state index in [-0.39, 0.29) is 5.91 Å². The second kappa shape index (κ2) is 8.15. The van der Waals surface area contributed by atoms with Crippen molar-refractivity contribution in [2.45, 2.75) is 56.8 Å². The number of nitrogens with zero attached hydrogens (tertiary/aromatic N) is 2. The predicted octanol–water partition coefficient (Wildman–Crippen LogP) is 3.30. The molecule has 1 heterocycles. The fourth-order valence-electron chi connectivity index (χ4n) is 5.42. The summed E-state index contributed by atoms with van der Waals surface area (Å²) < 4.78 is 27.4. The summed E-state index contributed by atoms with van der Waals surface area (Å²) >= 11 is 0. The second-order valence-corrected chi connectivity index (χ2v) is 10.8. The van der Waals surface area contributed by atoms with Gasteiger partial charge in [-0.25, -0.2) is 8.42 Å². The van der Waals surface area contributed by atoms with Crippen LogP contribution in [-0.2, 0) is 21.2 Å². The highest BCUT2D eigenvalue weighted by atomic mass is 32.2. The molecule has 2 aliphatic carbocycles. The van der Waals surface area contributed by atoms with Gasteiger partial charge in [0.05, 0.1) is 4.90 Å². The maximum Gasteiger partial charge on any atom is 0.243 e. The van der Waals surface area contributed by atoms with E-state index in [0.29, 0.717) is 43.4 Å². The number of hydrogen-bond donors (Lipinski definition) is 0. The Morgan fingerprint density at radius 3 is 2.32 bits per heavy atom. The normalized spacial score (nSPS) is 28.0. The summed E-state index contributed by atoms with van der Waals surface area (Å²) in [7, 11) is -3.48.